The largest absolute Gasteiger partial charge is 0.376 e. The van der Waals surface area contributed by atoms with Crippen LogP contribution in [0.2, 0.25) is 5.02 Å². The Balaban J connectivity index is 1.29. The van der Waals surface area contributed by atoms with Crippen LogP contribution in [0, 0.1) is 40.3 Å². The van der Waals surface area contributed by atoms with Gasteiger partial charge < -0.3 is 16.1 Å². The number of nitriles is 2. The second-order valence-corrected chi connectivity index (χ2v) is 11.7. The second kappa shape index (κ2) is 11.1. The number of aromatic nitrogens is 1. The molecule has 2 saturated carbocycles. The maximum Gasteiger partial charge on any atom is 0.123 e. The summed E-state index contributed by atoms with van der Waals surface area (Å²) in [5.41, 5.74) is 11.5. The minimum Gasteiger partial charge on any atom is -0.376 e. The molecule has 0 radical (unpaired) electrons. The first-order chi connectivity index (χ1) is 21.0. The number of anilines is 2. The van der Waals surface area contributed by atoms with Gasteiger partial charge in [-0.15, -0.1) is 5.53 Å². The van der Waals surface area contributed by atoms with Gasteiger partial charge in [0, 0.05) is 35.4 Å². The van der Waals surface area contributed by atoms with Crippen molar-refractivity contribution in [1.82, 2.24) is 21.0 Å². The molecule has 2 fully saturated rings. The van der Waals surface area contributed by atoms with E-state index in [0.717, 1.165) is 36.1 Å². The lowest BCUT2D eigenvalue weighted by Gasteiger charge is -2.24. The van der Waals surface area contributed by atoms with Crippen LogP contribution in [0.1, 0.15) is 48.0 Å². The Bertz CT molecular complexity index is 1790. The Hall–Kier alpha value is -4.83. The van der Waals surface area contributed by atoms with E-state index in [2.05, 4.69) is 43.7 Å². The fourth-order valence-electron chi connectivity index (χ4n) is 5.77. The van der Waals surface area contributed by atoms with Gasteiger partial charge in [0.15, 0.2) is 0 Å². The number of nitrogens with zero attached hydrogens (tertiary/aromatic N) is 4. The van der Waals surface area contributed by atoms with Gasteiger partial charge in [-0.05, 0) is 54.7 Å². The highest BCUT2D eigenvalue weighted by molar-refractivity contribution is 6.35. The Kier molecular flexibility index (Phi) is 6.98. The molecule has 2 aliphatic carbocycles. The van der Waals surface area contributed by atoms with E-state index < -0.39 is 0 Å². The first kappa shape index (κ1) is 27.0. The molecule has 0 bridgehead atoms. The number of fused-ring (bicyclic) bond motifs is 1. The molecule has 1 aromatic heterocycles. The lowest BCUT2D eigenvalue weighted by molar-refractivity contribution is 0.260. The van der Waals surface area contributed by atoms with Crippen molar-refractivity contribution in [2.45, 2.75) is 37.4 Å². The number of hydrogen-bond acceptors (Lipinski definition) is 8. The molecule has 4 aromatic rings. The molecule has 7 rings (SSSR count). The van der Waals surface area contributed by atoms with Crippen LogP contribution in [0.3, 0.4) is 0 Å². The fraction of sp³-hybridized carbons (Fsp3) is 0.242. The fourth-order valence-corrected chi connectivity index (χ4v) is 6.04. The molecule has 214 valence electrons. The average molecular weight is 591 g/mol. The van der Waals surface area contributed by atoms with Crippen molar-refractivity contribution >= 4 is 33.9 Å². The van der Waals surface area contributed by atoms with Crippen LogP contribution < -0.4 is 21.6 Å². The second-order valence-electron chi connectivity index (χ2n) is 11.3. The predicted octanol–water partition coefficient (Wildman–Crippen LogP) is 6.69. The van der Waals surface area contributed by atoms with Crippen molar-refractivity contribution in [3.8, 4) is 12.1 Å². The van der Waals surface area contributed by atoms with E-state index in [0.29, 0.717) is 38.9 Å². The molecule has 0 spiro atoms. The van der Waals surface area contributed by atoms with Gasteiger partial charge in [0.05, 0.1) is 51.6 Å². The van der Waals surface area contributed by atoms with Crippen LogP contribution in [0.5, 0.6) is 0 Å². The summed E-state index contributed by atoms with van der Waals surface area (Å²) in [6.45, 7) is 0. The topological polar surface area (TPSA) is 112 Å². The highest BCUT2D eigenvalue weighted by atomic mass is 35.5. The molecule has 4 N–H and O–H groups in total. The van der Waals surface area contributed by atoms with E-state index in [-0.39, 0.29) is 29.7 Å². The van der Waals surface area contributed by atoms with Crippen LogP contribution in [0.15, 0.2) is 84.8 Å². The summed E-state index contributed by atoms with van der Waals surface area (Å²) in [5.74, 6) is -0.246. The van der Waals surface area contributed by atoms with E-state index in [9.17, 15) is 14.9 Å². The van der Waals surface area contributed by atoms with Gasteiger partial charge in [-0.1, -0.05) is 54.1 Å². The summed E-state index contributed by atoms with van der Waals surface area (Å²) >= 11 is 6.83. The van der Waals surface area contributed by atoms with E-state index in [1.54, 1.807) is 12.1 Å². The molecule has 43 heavy (non-hydrogen) atoms. The zero-order valence-corrected chi connectivity index (χ0v) is 23.8. The third-order valence-electron chi connectivity index (χ3n) is 8.31. The van der Waals surface area contributed by atoms with Crippen molar-refractivity contribution in [3.63, 3.8) is 0 Å². The first-order valence-corrected chi connectivity index (χ1v) is 14.7. The van der Waals surface area contributed by atoms with E-state index in [4.69, 9.17) is 11.6 Å². The predicted molar refractivity (Wildman–Crippen MR) is 163 cm³/mol. The SMILES string of the molecule is N#Cc1cnc2c(Cl)cc(NC(C3=CN(C4CC4)NN3)c3ccc(F)cc3)cc2c1N[C@@H](c1ccccc1)C1C[C@@H]1C#N. The molecule has 4 atom stereocenters. The maximum atomic E-state index is 13.9. The number of benzene rings is 3. The smallest absolute Gasteiger partial charge is 0.123 e. The summed E-state index contributed by atoms with van der Waals surface area (Å²) in [5, 5.41) is 30.1. The van der Waals surface area contributed by atoms with Gasteiger partial charge in [0.2, 0.25) is 0 Å². The van der Waals surface area contributed by atoms with Crippen LogP contribution in [0.25, 0.3) is 10.9 Å². The van der Waals surface area contributed by atoms with Gasteiger partial charge in [0.25, 0.3) is 0 Å². The number of pyridine rings is 1. The van der Waals surface area contributed by atoms with Gasteiger partial charge >= 0.3 is 0 Å². The molecular formula is C33H28ClFN8. The van der Waals surface area contributed by atoms with Gasteiger partial charge in [-0.25, -0.2) is 4.39 Å². The number of hydrazine groups is 2. The van der Waals surface area contributed by atoms with Gasteiger partial charge in [0.1, 0.15) is 11.9 Å². The summed E-state index contributed by atoms with van der Waals surface area (Å²) < 4.78 is 13.9. The average Bonchev–Trinajstić information content (AvgIpc) is 3.97. The first-order valence-electron chi connectivity index (χ1n) is 14.3. The molecular weight excluding hydrogens is 563 g/mol. The lowest BCUT2D eigenvalue weighted by atomic mass is 9.99. The van der Waals surface area contributed by atoms with Crippen LogP contribution in [-0.2, 0) is 0 Å². The molecule has 8 nitrogen and oxygen atoms in total. The summed E-state index contributed by atoms with van der Waals surface area (Å²) in [7, 11) is 0. The summed E-state index contributed by atoms with van der Waals surface area (Å²) in [6.07, 6.45) is 6.60. The van der Waals surface area contributed by atoms with E-state index in [1.807, 2.05) is 48.7 Å². The molecule has 3 aliphatic rings. The van der Waals surface area contributed by atoms with Crippen LogP contribution >= 0.6 is 11.6 Å². The zero-order chi connectivity index (χ0) is 29.5. The van der Waals surface area contributed by atoms with E-state index >= 15 is 0 Å². The van der Waals surface area contributed by atoms with Crippen molar-refractivity contribution in [2.24, 2.45) is 11.8 Å². The molecule has 10 heteroatoms. The summed E-state index contributed by atoms with van der Waals surface area (Å²) in [6, 6.07) is 24.7. The summed E-state index contributed by atoms with van der Waals surface area (Å²) in [4.78, 5) is 4.53. The van der Waals surface area contributed by atoms with Crippen molar-refractivity contribution in [2.75, 3.05) is 10.6 Å². The molecule has 1 aliphatic heterocycles. The van der Waals surface area contributed by atoms with Crippen molar-refractivity contribution < 1.29 is 4.39 Å². The Morgan fingerprint density at radius 3 is 2.51 bits per heavy atom. The monoisotopic (exact) mass is 590 g/mol. The third-order valence-corrected chi connectivity index (χ3v) is 8.60. The third kappa shape index (κ3) is 5.41. The Labute approximate surface area is 253 Å². The highest BCUT2D eigenvalue weighted by Gasteiger charge is 2.44. The van der Waals surface area contributed by atoms with Crippen molar-refractivity contribution in [1.29, 1.82) is 10.5 Å². The normalized spacial score (nSPS) is 20.4. The number of hydrogen-bond donors (Lipinski definition) is 4. The van der Waals surface area contributed by atoms with Gasteiger partial charge in [-0.3, -0.25) is 9.99 Å². The van der Waals surface area contributed by atoms with Gasteiger partial charge in [-0.2, -0.15) is 10.5 Å². The number of rotatable bonds is 9. The maximum absolute atomic E-state index is 13.9. The van der Waals surface area contributed by atoms with Crippen LogP contribution in [0.4, 0.5) is 15.8 Å². The molecule has 0 amide bonds. The van der Waals surface area contributed by atoms with Crippen LogP contribution in [-0.4, -0.2) is 16.0 Å². The van der Waals surface area contributed by atoms with E-state index in [1.165, 1.54) is 18.3 Å². The Morgan fingerprint density at radius 2 is 1.81 bits per heavy atom. The molecule has 0 saturated heterocycles. The highest BCUT2D eigenvalue weighted by Crippen LogP contribution is 2.49. The quantitative estimate of drug-likeness (QED) is 0.170. The minimum atomic E-state index is -0.353. The number of halogens is 2. The molecule has 2 unspecified atom stereocenters. The Morgan fingerprint density at radius 1 is 1.02 bits per heavy atom. The number of nitrogens with one attached hydrogen (secondary N) is 4. The van der Waals surface area contributed by atoms with Crippen molar-refractivity contribution in [3.05, 3.63) is 112 Å². The minimum absolute atomic E-state index is 0.0513. The molecule has 2 heterocycles. The zero-order valence-electron chi connectivity index (χ0n) is 23.1. The standard InChI is InChI=1S/C33H28ClFN8/c34-28-14-24(39-32(20-6-8-23(35)9-7-20)29-18-43(42-41-29)25-10-11-25)13-27-31(22(16-37)17-38-33(27)28)40-30(26-12-21(26)15-36)19-4-2-1-3-5-19/h1-9,13-14,17-18,21,25-26,30,32,39,41-42H,10-12H2,(H,38,40)/t21-,26?,30+,32?/m1/s1. The molecule has 3 aromatic carbocycles. The lowest BCUT2D eigenvalue weighted by Crippen LogP contribution is -2.38.